The Balaban J connectivity index is 1.67. The highest BCUT2D eigenvalue weighted by molar-refractivity contribution is 7.16. The average Bonchev–Trinajstić information content (AvgIpc) is 3.09. The largest absolute Gasteiger partial charge is 0.381 e. The first kappa shape index (κ1) is 11.7. The van der Waals surface area contributed by atoms with Gasteiger partial charge in [0.1, 0.15) is 5.01 Å². The number of nitrogens with two attached hydrogens (primary N) is 1. The lowest BCUT2D eigenvalue weighted by atomic mass is 10.00. The van der Waals surface area contributed by atoms with Gasteiger partial charge in [-0.2, -0.15) is 9.61 Å². The SMILES string of the molecule is NC(c1nn2c(C3CCOCC3)nnc2s1)C1CC1. The van der Waals surface area contributed by atoms with E-state index < -0.39 is 0 Å². The molecule has 6 nitrogen and oxygen atoms in total. The second-order valence-electron chi connectivity index (χ2n) is 5.44. The summed E-state index contributed by atoms with van der Waals surface area (Å²) in [6.45, 7) is 1.61. The van der Waals surface area contributed by atoms with Gasteiger partial charge < -0.3 is 10.5 Å². The summed E-state index contributed by atoms with van der Waals surface area (Å²) in [5.41, 5.74) is 6.22. The predicted molar refractivity (Wildman–Crippen MR) is 71.1 cm³/mol. The van der Waals surface area contributed by atoms with Gasteiger partial charge in [-0.25, -0.2) is 0 Å². The quantitative estimate of drug-likeness (QED) is 0.921. The van der Waals surface area contributed by atoms with Gasteiger partial charge in [0, 0.05) is 19.1 Å². The van der Waals surface area contributed by atoms with Crippen molar-refractivity contribution < 1.29 is 4.74 Å². The topological polar surface area (TPSA) is 78.3 Å². The van der Waals surface area contributed by atoms with Gasteiger partial charge in [0.05, 0.1) is 6.04 Å². The second-order valence-corrected chi connectivity index (χ2v) is 6.43. The van der Waals surface area contributed by atoms with Crippen LogP contribution in [-0.2, 0) is 4.74 Å². The molecule has 0 bridgehead atoms. The van der Waals surface area contributed by atoms with E-state index >= 15 is 0 Å². The molecule has 7 heteroatoms. The predicted octanol–water partition coefficient (Wildman–Crippen LogP) is 1.49. The van der Waals surface area contributed by atoms with E-state index in [0.717, 1.165) is 41.8 Å². The molecule has 2 fully saturated rings. The molecule has 19 heavy (non-hydrogen) atoms. The summed E-state index contributed by atoms with van der Waals surface area (Å²) in [7, 11) is 0. The summed E-state index contributed by atoms with van der Waals surface area (Å²) in [5.74, 6) is 2.01. The van der Waals surface area contributed by atoms with Crippen LogP contribution in [0.1, 0.15) is 48.5 Å². The van der Waals surface area contributed by atoms with E-state index in [1.165, 1.54) is 12.8 Å². The fraction of sp³-hybridized carbons (Fsp3) is 0.750. The van der Waals surface area contributed by atoms with Crippen molar-refractivity contribution in [3.05, 3.63) is 10.8 Å². The van der Waals surface area contributed by atoms with Crippen LogP contribution in [0.25, 0.3) is 4.96 Å². The first-order chi connectivity index (χ1) is 9.33. The van der Waals surface area contributed by atoms with E-state index in [2.05, 4.69) is 15.3 Å². The maximum absolute atomic E-state index is 6.22. The number of hydrogen-bond donors (Lipinski definition) is 1. The molecule has 2 aromatic heterocycles. The summed E-state index contributed by atoms with van der Waals surface area (Å²) < 4.78 is 7.30. The zero-order valence-corrected chi connectivity index (χ0v) is 11.5. The molecule has 1 aliphatic heterocycles. The molecule has 3 heterocycles. The monoisotopic (exact) mass is 279 g/mol. The molecule has 2 aliphatic rings. The summed E-state index contributed by atoms with van der Waals surface area (Å²) in [4.78, 5) is 0.868. The van der Waals surface area contributed by atoms with Gasteiger partial charge in [-0.15, -0.1) is 10.2 Å². The second kappa shape index (κ2) is 4.50. The molecule has 0 radical (unpaired) electrons. The van der Waals surface area contributed by atoms with Gasteiger partial charge in [0.2, 0.25) is 4.96 Å². The molecule has 1 atom stereocenters. The zero-order valence-electron chi connectivity index (χ0n) is 10.7. The van der Waals surface area contributed by atoms with Crippen LogP contribution in [0.5, 0.6) is 0 Å². The summed E-state index contributed by atoms with van der Waals surface area (Å²) >= 11 is 1.58. The van der Waals surface area contributed by atoms with Crippen LogP contribution >= 0.6 is 11.3 Å². The minimum absolute atomic E-state index is 0.0780. The van der Waals surface area contributed by atoms with Crippen molar-refractivity contribution >= 4 is 16.3 Å². The van der Waals surface area contributed by atoms with E-state index in [1.807, 2.05) is 4.52 Å². The molecule has 1 saturated heterocycles. The molecule has 0 spiro atoms. The maximum Gasteiger partial charge on any atom is 0.234 e. The van der Waals surface area contributed by atoms with Crippen LogP contribution in [0.2, 0.25) is 0 Å². The minimum Gasteiger partial charge on any atom is -0.381 e. The van der Waals surface area contributed by atoms with Gasteiger partial charge in [-0.05, 0) is 31.6 Å². The number of rotatable bonds is 3. The highest BCUT2D eigenvalue weighted by atomic mass is 32.1. The first-order valence-electron chi connectivity index (χ1n) is 6.88. The number of ether oxygens (including phenoxy) is 1. The van der Waals surface area contributed by atoms with E-state index in [1.54, 1.807) is 11.3 Å². The molecule has 1 saturated carbocycles. The Morgan fingerprint density at radius 2 is 2.00 bits per heavy atom. The van der Waals surface area contributed by atoms with Crippen LogP contribution in [0.15, 0.2) is 0 Å². The smallest absolute Gasteiger partial charge is 0.234 e. The fourth-order valence-electron chi connectivity index (χ4n) is 2.65. The third-order valence-corrected chi connectivity index (χ3v) is 5.03. The third-order valence-electron chi connectivity index (χ3n) is 4.03. The highest BCUT2D eigenvalue weighted by Gasteiger charge is 2.32. The minimum atomic E-state index is 0.0780. The molecule has 2 aromatic rings. The van der Waals surface area contributed by atoms with Crippen molar-refractivity contribution in [3.8, 4) is 0 Å². The zero-order chi connectivity index (χ0) is 12.8. The number of nitrogens with zero attached hydrogens (tertiary/aromatic N) is 4. The lowest BCUT2D eigenvalue weighted by Crippen LogP contribution is -2.17. The van der Waals surface area contributed by atoms with Gasteiger partial charge in [-0.1, -0.05) is 11.3 Å². The van der Waals surface area contributed by atoms with Crippen LogP contribution < -0.4 is 5.73 Å². The molecule has 0 amide bonds. The first-order valence-corrected chi connectivity index (χ1v) is 7.70. The Morgan fingerprint density at radius 1 is 1.21 bits per heavy atom. The van der Waals surface area contributed by atoms with Gasteiger partial charge in [0.15, 0.2) is 5.82 Å². The number of aromatic nitrogens is 4. The van der Waals surface area contributed by atoms with Gasteiger partial charge in [0.25, 0.3) is 0 Å². The molecular weight excluding hydrogens is 262 g/mol. The van der Waals surface area contributed by atoms with Crippen LogP contribution in [-0.4, -0.2) is 33.0 Å². The molecule has 102 valence electrons. The molecule has 1 unspecified atom stereocenters. The van der Waals surface area contributed by atoms with Crippen LogP contribution in [0.4, 0.5) is 0 Å². The van der Waals surface area contributed by atoms with E-state index in [-0.39, 0.29) is 6.04 Å². The number of hydrogen-bond acceptors (Lipinski definition) is 6. The van der Waals surface area contributed by atoms with Crippen molar-refractivity contribution in [2.45, 2.75) is 37.6 Å². The van der Waals surface area contributed by atoms with Crippen molar-refractivity contribution in [3.63, 3.8) is 0 Å². The maximum atomic E-state index is 6.22. The molecule has 1 aliphatic carbocycles. The lowest BCUT2D eigenvalue weighted by Gasteiger charge is -2.19. The Labute approximate surface area is 115 Å². The van der Waals surface area contributed by atoms with Crippen LogP contribution in [0, 0.1) is 5.92 Å². The molecule has 0 aromatic carbocycles. The molecule has 4 rings (SSSR count). The Bertz CT molecular complexity index is 584. The van der Waals surface area contributed by atoms with Crippen molar-refractivity contribution in [1.82, 2.24) is 19.8 Å². The lowest BCUT2D eigenvalue weighted by molar-refractivity contribution is 0.0831. The standard InChI is InChI=1S/C12H17N5OS/c13-9(7-1-2-7)11-16-17-10(14-15-12(17)19-11)8-3-5-18-6-4-8/h7-9H,1-6,13H2. The summed E-state index contributed by atoms with van der Waals surface area (Å²) in [5, 5.41) is 14.2. The van der Waals surface area contributed by atoms with E-state index in [4.69, 9.17) is 10.5 Å². The van der Waals surface area contributed by atoms with E-state index in [0.29, 0.717) is 11.8 Å². The van der Waals surface area contributed by atoms with Crippen molar-refractivity contribution in [1.29, 1.82) is 0 Å². The number of fused-ring (bicyclic) bond motifs is 1. The van der Waals surface area contributed by atoms with Gasteiger partial charge in [-0.3, -0.25) is 0 Å². The fourth-order valence-corrected chi connectivity index (χ4v) is 3.59. The normalized spacial score (nSPS) is 23.0. The summed E-state index contributed by atoms with van der Waals surface area (Å²) in [6, 6.07) is 0.0780. The third kappa shape index (κ3) is 2.05. The Morgan fingerprint density at radius 3 is 2.74 bits per heavy atom. The van der Waals surface area contributed by atoms with Crippen molar-refractivity contribution in [2.24, 2.45) is 11.7 Å². The van der Waals surface area contributed by atoms with Gasteiger partial charge >= 0.3 is 0 Å². The Kier molecular flexibility index (Phi) is 2.78. The van der Waals surface area contributed by atoms with Crippen molar-refractivity contribution in [2.75, 3.05) is 13.2 Å². The average molecular weight is 279 g/mol. The Hall–Kier alpha value is -1.05. The molecular formula is C12H17N5OS. The van der Waals surface area contributed by atoms with Crippen LogP contribution in [0.3, 0.4) is 0 Å². The summed E-state index contributed by atoms with van der Waals surface area (Å²) in [6.07, 6.45) is 4.47. The van der Waals surface area contributed by atoms with E-state index in [9.17, 15) is 0 Å². The molecule has 2 N–H and O–H groups in total. The highest BCUT2D eigenvalue weighted by Crippen LogP contribution is 2.40.